The Hall–Kier alpha value is -0.640. The Morgan fingerprint density at radius 3 is 3.00 bits per heavy atom. The average molecular weight is 107 g/mol. The summed E-state index contributed by atoms with van der Waals surface area (Å²) in [7, 11) is 0. The van der Waals surface area contributed by atoms with E-state index in [1.165, 1.54) is 0 Å². The van der Waals surface area contributed by atoms with Gasteiger partial charge in [-0.15, -0.1) is 0 Å². The molecule has 7 heavy (non-hydrogen) atoms. The van der Waals surface area contributed by atoms with E-state index in [9.17, 15) is 9.18 Å². The number of halogens is 1. The van der Waals surface area contributed by atoms with Gasteiger partial charge in [0.1, 0.15) is 13.3 Å². The van der Waals surface area contributed by atoms with Crippen LogP contribution in [0.2, 0.25) is 0 Å². The minimum Gasteiger partial charge on any atom is -0.277 e. The molecule has 42 valence electrons. The second kappa shape index (κ2) is 5.36. The van der Waals surface area contributed by atoms with E-state index in [0.717, 1.165) is 0 Å². The molecule has 0 spiro atoms. The molecule has 1 N–H and O–H groups in total. The first-order valence-corrected chi connectivity index (χ1v) is 1.78. The van der Waals surface area contributed by atoms with Gasteiger partial charge in [0.15, 0.2) is 0 Å². The molecule has 0 unspecified atom stereocenters. The van der Waals surface area contributed by atoms with Gasteiger partial charge in [0.2, 0.25) is 6.41 Å². The minimum absolute atomic E-state index is 0.0846. The summed E-state index contributed by atoms with van der Waals surface area (Å²) in [5.74, 6) is 0. The molecule has 0 aromatic heterocycles. The number of hydroxylamine groups is 1. The minimum atomic E-state index is -0.582. The van der Waals surface area contributed by atoms with E-state index in [0.29, 0.717) is 6.41 Å². The lowest BCUT2D eigenvalue weighted by Crippen LogP contribution is -2.12. The summed E-state index contributed by atoms with van der Waals surface area (Å²) < 4.78 is 11.0. The van der Waals surface area contributed by atoms with Crippen LogP contribution >= 0.6 is 0 Å². The van der Waals surface area contributed by atoms with Crippen molar-refractivity contribution < 1.29 is 14.0 Å². The van der Waals surface area contributed by atoms with Gasteiger partial charge in [-0.3, -0.25) is 9.63 Å². The number of nitrogens with one attached hydrogen (secondary N) is 1. The molecular formula is C3H6FNO2. The van der Waals surface area contributed by atoms with Crippen molar-refractivity contribution in [2.24, 2.45) is 0 Å². The third-order valence-corrected chi connectivity index (χ3v) is 0.311. The molecule has 0 atom stereocenters. The lowest BCUT2D eigenvalue weighted by Gasteiger charge is -1.91. The van der Waals surface area contributed by atoms with E-state index < -0.39 is 6.67 Å². The van der Waals surface area contributed by atoms with Crippen LogP contribution in [0.4, 0.5) is 4.39 Å². The molecule has 0 saturated heterocycles. The van der Waals surface area contributed by atoms with Crippen LogP contribution in [0.1, 0.15) is 0 Å². The van der Waals surface area contributed by atoms with Crippen molar-refractivity contribution in [1.29, 1.82) is 0 Å². The maximum atomic E-state index is 11.0. The maximum absolute atomic E-state index is 11.0. The van der Waals surface area contributed by atoms with Gasteiger partial charge in [0.05, 0.1) is 0 Å². The molecule has 0 aromatic carbocycles. The first-order chi connectivity index (χ1) is 3.41. The molecule has 4 heteroatoms. The number of carbonyl (C=O) groups is 1. The molecule has 0 fully saturated rings. The van der Waals surface area contributed by atoms with Crippen molar-refractivity contribution in [2.75, 3.05) is 13.3 Å². The lowest BCUT2D eigenvalue weighted by atomic mass is 10.8. The second-order valence-electron chi connectivity index (χ2n) is 0.773. The van der Waals surface area contributed by atoms with Gasteiger partial charge in [0, 0.05) is 0 Å². The van der Waals surface area contributed by atoms with Gasteiger partial charge in [-0.1, -0.05) is 0 Å². The van der Waals surface area contributed by atoms with Gasteiger partial charge in [0.25, 0.3) is 0 Å². The van der Waals surface area contributed by atoms with Crippen molar-refractivity contribution in [3.8, 4) is 0 Å². The van der Waals surface area contributed by atoms with Crippen molar-refractivity contribution in [1.82, 2.24) is 5.48 Å². The molecule has 1 amide bonds. The van der Waals surface area contributed by atoms with E-state index in [1.54, 1.807) is 0 Å². The fraction of sp³-hybridized carbons (Fsp3) is 0.667. The van der Waals surface area contributed by atoms with Crippen LogP contribution in [-0.2, 0) is 9.63 Å². The van der Waals surface area contributed by atoms with E-state index >= 15 is 0 Å². The monoisotopic (exact) mass is 107 g/mol. The highest BCUT2D eigenvalue weighted by Crippen LogP contribution is 1.65. The first-order valence-electron chi connectivity index (χ1n) is 1.78. The number of alkyl halides is 1. The molecule has 0 saturated carbocycles. The molecule has 0 rings (SSSR count). The summed E-state index contributed by atoms with van der Waals surface area (Å²) in [4.78, 5) is 13.5. The van der Waals surface area contributed by atoms with Crippen LogP contribution in [0.25, 0.3) is 0 Å². The third-order valence-electron chi connectivity index (χ3n) is 0.311. The van der Waals surface area contributed by atoms with E-state index in [1.807, 2.05) is 5.48 Å². The fourth-order valence-corrected chi connectivity index (χ4v) is 0.132. The Morgan fingerprint density at radius 2 is 2.57 bits per heavy atom. The fourth-order valence-electron chi connectivity index (χ4n) is 0.132. The molecule has 0 aliphatic heterocycles. The van der Waals surface area contributed by atoms with Gasteiger partial charge >= 0.3 is 0 Å². The first kappa shape index (κ1) is 6.36. The molecule has 0 aliphatic rings. The Balaban J connectivity index is 2.56. The summed E-state index contributed by atoms with van der Waals surface area (Å²) in [6.45, 7) is -0.667. The highest BCUT2D eigenvalue weighted by molar-refractivity contribution is 5.43. The molecule has 0 heterocycles. The summed E-state index contributed by atoms with van der Waals surface area (Å²) in [6.07, 6.45) is 0.343. The zero-order valence-corrected chi connectivity index (χ0v) is 3.69. The number of rotatable bonds is 4. The Bertz CT molecular complexity index is 50.2. The maximum Gasteiger partial charge on any atom is 0.230 e. The molecule has 0 bridgehead atoms. The number of carbonyl (C=O) groups excluding carboxylic acids is 1. The van der Waals surface area contributed by atoms with Crippen LogP contribution in [0.5, 0.6) is 0 Å². The van der Waals surface area contributed by atoms with Crippen molar-refractivity contribution in [3.63, 3.8) is 0 Å². The zero-order chi connectivity index (χ0) is 5.54. The summed E-state index contributed by atoms with van der Waals surface area (Å²) in [5.41, 5.74) is 1.83. The van der Waals surface area contributed by atoms with Gasteiger partial charge in [-0.05, 0) is 0 Å². The Kier molecular flexibility index (Phi) is 4.87. The Morgan fingerprint density at radius 1 is 1.86 bits per heavy atom. The number of hydrogen-bond donors (Lipinski definition) is 1. The second-order valence-corrected chi connectivity index (χ2v) is 0.773. The highest BCUT2D eigenvalue weighted by Gasteiger charge is 1.78. The lowest BCUT2D eigenvalue weighted by molar-refractivity contribution is -0.120. The van der Waals surface area contributed by atoms with Crippen LogP contribution < -0.4 is 5.48 Å². The Labute approximate surface area is 40.4 Å². The highest BCUT2D eigenvalue weighted by atomic mass is 19.1. The van der Waals surface area contributed by atoms with Crippen LogP contribution in [0.3, 0.4) is 0 Å². The molecular weight excluding hydrogens is 101 g/mol. The largest absolute Gasteiger partial charge is 0.277 e. The van der Waals surface area contributed by atoms with Crippen molar-refractivity contribution in [3.05, 3.63) is 0 Å². The standard InChI is InChI=1S/C3H6FNO2/c4-1-2-7-5-3-6/h3H,1-2H2,(H,5,6). The van der Waals surface area contributed by atoms with Gasteiger partial charge < -0.3 is 0 Å². The third kappa shape index (κ3) is 5.36. The normalized spacial score (nSPS) is 8.14. The van der Waals surface area contributed by atoms with Crippen molar-refractivity contribution in [2.45, 2.75) is 0 Å². The smallest absolute Gasteiger partial charge is 0.230 e. The quantitative estimate of drug-likeness (QED) is 0.302. The SMILES string of the molecule is O=CNOCCF. The summed E-state index contributed by atoms with van der Waals surface area (Å²) in [5, 5.41) is 0. The predicted molar refractivity (Wildman–Crippen MR) is 21.1 cm³/mol. The van der Waals surface area contributed by atoms with E-state index in [2.05, 4.69) is 4.84 Å². The van der Waals surface area contributed by atoms with Gasteiger partial charge in [-0.2, -0.15) is 0 Å². The number of amides is 1. The summed E-state index contributed by atoms with van der Waals surface area (Å²) in [6, 6.07) is 0. The number of hydrogen-bond acceptors (Lipinski definition) is 2. The summed E-state index contributed by atoms with van der Waals surface area (Å²) >= 11 is 0. The molecule has 3 nitrogen and oxygen atoms in total. The van der Waals surface area contributed by atoms with Crippen LogP contribution in [0, 0.1) is 0 Å². The van der Waals surface area contributed by atoms with Crippen LogP contribution in [0.15, 0.2) is 0 Å². The van der Waals surface area contributed by atoms with Crippen molar-refractivity contribution >= 4 is 6.41 Å². The zero-order valence-electron chi connectivity index (χ0n) is 3.69. The molecule has 0 radical (unpaired) electrons. The molecule has 0 aliphatic carbocycles. The average Bonchev–Trinajstić information content (AvgIpc) is 1.69. The topological polar surface area (TPSA) is 38.3 Å². The van der Waals surface area contributed by atoms with E-state index in [4.69, 9.17) is 0 Å². The predicted octanol–water partition coefficient (Wildman–Crippen LogP) is -0.367. The van der Waals surface area contributed by atoms with Gasteiger partial charge in [-0.25, -0.2) is 9.87 Å². The molecule has 0 aromatic rings. The van der Waals surface area contributed by atoms with E-state index in [-0.39, 0.29) is 6.61 Å². The van der Waals surface area contributed by atoms with Crippen LogP contribution in [-0.4, -0.2) is 19.7 Å².